The second-order valence-electron chi connectivity index (χ2n) is 6.38. The molecule has 1 aliphatic carbocycles. The average molecular weight is 531 g/mol. The Kier molecular flexibility index (Phi) is 25.5. The van der Waals surface area contributed by atoms with Crippen LogP contribution in [0.15, 0.2) is 78.9 Å². The van der Waals surface area contributed by atoms with Crippen molar-refractivity contribution in [3.63, 3.8) is 0 Å². The van der Waals surface area contributed by atoms with Gasteiger partial charge in [-0.25, -0.2) is 12.2 Å². The summed E-state index contributed by atoms with van der Waals surface area (Å²) in [6, 6.07) is 25.0. The van der Waals surface area contributed by atoms with Crippen LogP contribution in [0.5, 0.6) is 5.75 Å². The van der Waals surface area contributed by atoms with E-state index in [1.165, 1.54) is 5.56 Å². The van der Waals surface area contributed by atoms with Crippen LogP contribution in [-0.4, -0.2) is 20.2 Å². The monoisotopic (exact) mass is 530 g/mol. The quantitative estimate of drug-likeness (QED) is 0.259. The summed E-state index contributed by atoms with van der Waals surface area (Å²) >= 11 is 1.75. The molecule has 0 saturated carbocycles. The molecule has 0 unspecified atom stereocenters. The van der Waals surface area contributed by atoms with Gasteiger partial charge in [0.05, 0.1) is 10.2 Å². The van der Waals surface area contributed by atoms with Crippen LogP contribution in [0.4, 0.5) is 0 Å². The molecule has 1 nitrogen and oxygen atoms in total. The zero-order valence-corrected chi connectivity index (χ0v) is 23.9. The minimum Gasteiger partial charge on any atom is -0.184 e. The molecule has 0 aromatic heterocycles. The summed E-state index contributed by atoms with van der Waals surface area (Å²) < 4.78 is 0. The third kappa shape index (κ3) is 15.7. The first-order valence-electron chi connectivity index (χ1n) is 9.87. The van der Waals surface area contributed by atoms with Gasteiger partial charge in [0.2, 0.25) is 0 Å². The number of phenols is 1. The number of aromatic hydroxyl groups is 1. The van der Waals surface area contributed by atoms with E-state index >= 15 is 0 Å². The van der Waals surface area contributed by atoms with Gasteiger partial charge in [-0.15, -0.1) is 31.2 Å². The van der Waals surface area contributed by atoms with Gasteiger partial charge in [-0.1, -0.05) is 5.19 Å². The molecule has 0 heterocycles. The Labute approximate surface area is 228 Å². The molecule has 0 atom stereocenters. The Hall–Kier alpha value is -1.68. The SMILES string of the molecule is Cc1c(C)c(O)c(C)c([Si])c1C.Cl.Cl.[C-]1=CC=CC1.[CH2]=[Ti].[c-]1ccccc1.[c-]1ccccc1. The van der Waals surface area contributed by atoms with Gasteiger partial charge in [-0.3, -0.25) is 6.08 Å². The Bertz CT molecular complexity index is 714. The molecule has 0 aliphatic heterocycles. The fraction of sp³-hybridized carbons (Fsp3) is 0.179. The predicted octanol–water partition coefficient (Wildman–Crippen LogP) is 6.51. The maximum absolute atomic E-state index is 9.66. The van der Waals surface area contributed by atoms with Crippen molar-refractivity contribution in [2.24, 2.45) is 0 Å². The molecule has 1 N–H and O–H groups in total. The van der Waals surface area contributed by atoms with Crippen LogP contribution in [-0.2, 0) is 20.0 Å². The first kappa shape index (κ1) is 35.9. The molecule has 0 bridgehead atoms. The Morgan fingerprint density at radius 3 is 1.45 bits per heavy atom. The zero-order valence-electron chi connectivity index (χ0n) is 19.7. The molecule has 3 radical (unpaired) electrons. The van der Waals surface area contributed by atoms with Crippen LogP contribution in [0.2, 0.25) is 0 Å². The maximum atomic E-state index is 9.66. The minimum atomic E-state index is 0. The number of benzene rings is 3. The van der Waals surface area contributed by atoms with E-state index in [2.05, 4.69) is 46.3 Å². The summed E-state index contributed by atoms with van der Waals surface area (Å²) in [5.74, 6) is 0.406. The van der Waals surface area contributed by atoms with Gasteiger partial charge < -0.3 is 5.11 Å². The molecule has 1 aliphatic rings. The third-order valence-electron chi connectivity index (χ3n) is 4.39. The fourth-order valence-corrected chi connectivity index (χ4v) is 2.66. The number of hydrogen-bond donors (Lipinski definition) is 1. The number of rotatable bonds is 0. The normalized spacial score (nSPS) is 9.45. The Balaban J connectivity index is -0.000000368. The molecule has 0 saturated heterocycles. The summed E-state index contributed by atoms with van der Waals surface area (Å²) in [7, 11) is 3.51. The summed E-state index contributed by atoms with van der Waals surface area (Å²) in [5.41, 5.74) is 4.27. The largest absolute Gasteiger partial charge is 0.184 e. The molecule has 33 heavy (non-hydrogen) atoms. The van der Waals surface area contributed by atoms with Crippen LogP contribution in [0.3, 0.4) is 0 Å². The Morgan fingerprint density at radius 2 is 1.21 bits per heavy atom. The summed E-state index contributed by atoms with van der Waals surface area (Å²) in [5, 5.41) is 10.7. The van der Waals surface area contributed by atoms with Crippen LogP contribution >= 0.6 is 24.8 Å². The van der Waals surface area contributed by atoms with E-state index in [4.69, 9.17) is 0 Å². The van der Waals surface area contributed by atoms with Crippen molar-refractivity contribution in [3.05, 3.63) is 119 Å². The standard InChI is InChI=1S/C10H13OSi.2C6H5.C5H5.CH2.2ClH.Ti/c1-5-6(2)9(11)8(4)10(12)7(5)3;2*1-2-4-6-5-3-1;1-2-4-5-3-1;;;;/h11H,1-4H3;2*1-5H;1-3H,4H2;1H2;2*1H;/q;3*-1;;;;. The van der Waals surface area contributed by atoms with E-state index in [1.807, 2.05) is 93.6 Å². The fourth-order valence-electron chi connectivity index (χ4n) is 2.35. The number of allylic oxidation sites excluding steroid dienone is 4. The van der Waals surface area contributed by atoms with Gasteiger partial charge in [-0.05, 0) is 49.9 Å². The molecular formula is C28H32Cl2OSiTi-3. The second kappa shape index (κ2) is 23.5. The number of hydrogen-bond acceptors (Lipinski definition) is 1. The third-order valence-corrected chi connectivity index (χ3v) is 5.14. The molecule has 0 spiro atoms. The van der Waals surface area contributed by atoms with Gasteiger partial charge >= 0.3 is 24.8 Å². The van der Waals surface area contributed by atoms with E-state index in [9.17, 15) is 5.11 Å². The van der Waals surface area contributed by atoms with E-state index in [0.29, 0.717) is 5.75 Å². The minimum absolute atomic E-state index is 0. The topological polar surface area (TPSA) is 20.2 Å². The van der Waals surface area contributed by atoms with Gasteiger partial charge in [-0.2, -0.15) is 78.9 Å². The van der Waals surface area contributed by atoms with Crippen molar-refractivity contribution >= 4 is 45.1 Å². The Morgan fingerprint density at radius 1 is 0.758 bits per heavy atom. The van der Waals surface area contributed by atoms with Gasteiger partial charge in [0, 0.05) is 0 Å². The predicted molar refractivity (Wildman–Crippen MR) is 146 cm³/mol. The van der Waals surface area contributed by atoms with Crippen molar-refractivity contribution in [2.45, 2.75) is 34.1 Å². The maximum Gasteiger partial charge on any atom is -0.171 e. The molecule has 3 aromatic carbocycles. The van der Waals surface area contributed by atoms with Crippen LogP contribution in [0.25, 0.3) is 0 Å². The molecular weight excluding hydrogens is 499 g/mol. The van der Waals surface area contributed by atoms with E-state index in [-0.39, 0.29) is 24.8 Å². The van der Waals surface area contributed by atoms with E-state index in [0.717, 1.165) is 28.3 Å². The van der Waals surface area contributed by atoms with Gasteiger partial charge in [0.1, 0.15) is 5.75 Å². The van der Waals surface area contributed by atoms with Crippen LogP contribution in [0.1, 0.15) is 28.7 Å². The van der Waals surface area contributed by atoms with Gasteiger partial charge in [0.15, 0.2) is 0 Å². The number of halogens is 2. The van der Waals surface area contributed by atoms with E-state index < -0.39 is 0 Å². The molecule has 175 valence electrons. The smallest absolute Gasteiger partial charge is 0.171 e. The van der Waals surface area contributed by atoms with E-state index in [1.54, 1.807) is 20.0 Å². The molecule has 4 rings (SSSR count). The van der Waals surface area contributed by atoms with Gasteiger partial charge in [0.25, 0.3) is 0 Å². The van der Waals surface area contributed by atoms with Crippen molar-refractivity contribution in [3.8, 4) is 5.75 Å². The van der Waals surface area contributed by atoms with Crippen molar-refractivity contribution in [1.29, 1.82) is 0 Å². The first-order valence-corrected chi connectivity index (χ1v) is 11.5. The summed E-state index contributed by atoms with van der Waals surface area (Å²) in [6.45, 7) is 7.93. The van der Waals surface area contributed by atoms with Crippen molar-refractivity contribution in [2.75, 3.05) is 0 Å². The average Bonchev–Trinajstić information content (AvgIpc) is 3.45. The summed E-state index contributed by atoms with van der Waals surface area (Å²) in [6.07, 6.45) is 10.0. The van der Waals surface area contributed by atoms with Crippen molar-refractivity contribution < 1.29 is 25.1 Å². The van der Waals surface area contributed by atoms with Crippen LogP contribution < -0.4 is 5.19 Å². The van der Waals surface area contributed by atoms with Crippen LogP contribution in [0, 0.1) is 45.9 Å². The first-order chi connectivity index (χ1) is 15.0. The molecule has 0 fully saturated rings. The number of phenolic OH excluding ortho intramolecular Hbond substituents is 1. The zero-order chi connectivity index (χ0) is 23.5. The molecule has 0 amide bonds. The van der Waals surface area contributed by atoms with Crippen molar-refractivity contribution in [1.82, 2.24) is 0 Å². The second-order valence-corrected chi connectivity index (χ2v) is 6.88. The summed E-state index contributed by atoms with van der Waals surface area (Å²) in [4.78, 5) is 3.25. The molecule has 3 aromatic rings. The molecule has 5 heteroatoms.